The molecule has 1 aromatic heterocycles. The Balaban J connectivity index is 1.97. The van der Waals surface area contributed by atoms with Gasteiger partial charge in [0.15, 0.2) is 0 Å². The van der Waals surface area contributed by atoms with E-state index < -0.39 is 10.0 Å². The molecule has 1 aliphatic rings. The summed E-state index contributed by atoms with van der Waals surface area (Å²) in [7, 11) is -3.57. The normalized spacial score (nSPS) is 15.6. The van der Waals surface area contributed by atoms with Crippen LogP contribution in [0.2, 0.25) is 5.02 Å². The Morgan fingerprint density at radius 3 is 2.67 bits per heavy atom. The molecule has 0 aliphatic heterocycles. The number of nitrogens with zero attached hydrogens (tertiary/aromatic N) is 1. The van der Waals surface area contributed by atoms with Crippen molar-refractivity contribution in [3.63, 3.8) is 0 Å². The number of hydrogen-bond donors (Lipinski definition) is 0. The van der Waals surface area contributed by atoms with Crippen LogP contribution < -0.4 is 0 Å². The summed E-state index contributed by atoms with van der Waals surface area (Å²) in [6.45, 7) is 0.414. The lowest BCUT2D eigenvalue weighted by Crippen LogP contribution is -2.32. The third-order valence-electron chi connectivity index (χ3n) is 3.33. The van der Waals surface area contributed by atoms with Crippen molar-refractivity contribution in [2.75, 3.05) is 0 Å². The first-order valence-electron chi connectivity index (χ1n) is 6.48. The quantitative estimate of drug-likeness (QED) is 0.732. The molecule has 7 heteroatoms. The average Bonchev–Trinajstić information content (AvgIpc) is 3.11. The van der Waals surface area contributed by atoms with E-state index in [4.69, 9.17) is 11.6 Å². The summed E-state index contributed by atoms with van der Waals surface area (Å²) in [4.78, 5) is 1.22. The van der Waals surface area contributed by atoms with Crippen LogP contribution in [-0.2, 0) is 16.6 Å². The molecule has 2 aromatic rings. The summed E-state index contributed by atoms with van der Waals surface area (Å²) in [6, 6.07) is 8.87. The lowest BCUT2D eigenvalue weighted by molar-refractivity contribution is 0.401. The van der Waals surface area contributed by atoms with Crippen molar-refractivity contribution in [3.05, 3.63) is 50.1 Å². The number of sulfonamides is 1. The van der Waals surface area contributed by atoms with Crippen LogP contribution in [0, 0.1) is 0 Å². The molecule has 0 radical (unpaired) electrons. The van der Waals surface area contributed by atoms with E-state index >= 15 is 0 Å². The third-order valence-corrected chi connectivity index (χ3v) is 7.06. The highest BCUT2D eigenvalue weighted by molar-refractivity contribution is 9.10. The highest BCUT2D eigenvalue weighted by Gasteiger charge is 2.39. The molecule has 0 atom stereocenters. The van der Waals surface area contributed by atoms with Crippen molar-refractivity contribution in [2.24, 2.45) is 0 Å². The monoisotopic (exact) mass is 405 g/mol. The molecule has 0 saturated heterocycles. The molecule has 0 unspecified atom stereocenters. The molecule has 0 N–H and O–H groups in total. The Morgan fingerprint density at radius 2 is 2.10 bits per heavy atom. The molecule has 1 aromatic carbocycles. The summed E-state index contributed by atoms with van der Waals surface area (Å²) in [6.07, 6.45) is 1.83. The Bertz CT molecular complexity index is 742. The first-order valence-corrected chi connectivity index (χ1v) is 9.97. The maximum atomic E-state index is 12.9. The molecule has 3 rings (SSSR count). The molecular formula is C14H13BrClNO2S2. The van der Waals surface area contributed by atoms with Gasteiger partial charge in [-0.25, -0.2) is 8.42 Å². The van der Waals surface area contributed by atoms with Crippen molar-refractivity contribution in [1.82, 2.24) is 4.31 Å². The Kier molecular flexibility index (Phi) is 4.43. The maximum Gasteiger partial charge on any atom is 0.245 e. The van der Waals surface area contributed by atoms with Crippen LogP contribution in [0.5, 0.6) is 0 Å². The van der Waals surface area contributed by atoms with Crippen LogP contribution in [-0.4, -0.2) is 18.8 Å². The maximum absolute atomic E-state index is 12.9. The number of halogens is 2. The predicted octanol–water partition coefficient (Wildman–Crippen LogP) is 4.52. The van der Waals surface area contributed by atoms with Gasteiger partial charge in [-0.2, -0.15) is 4.31 Å². The van der Waals surface area contributed by atoms with Gasteiger partial charge in [-0.1, -0.05) is 33.6 Å². The minimum atomic E-state index is -3.57. The van der Waals surface area contributed by atoms with Crippen molar-refractivity contribution in [2.45, 2.75) is 30.3 Å². The van der Waals surface area contributed by atoms with Gasteiger partial charge in [0.1, 0.15) is 4.90 Å². The fourth-order valence-electron chi connectivity index (χ4n) is 2.14. The van der Waals surface area contributed by atoms with Crippen LogP contribution in [0.3, 0.4) is 0 Å². The van der Waals surface area contributed by atoms with E-state index in [9.17, 15) is 8.42 Å². The molecule has 1 aliphatic carbocycles. The molecule has 0 bridgehead atoms. The van der Waals surface area contributed by atoms with Crippen LogP contribution in [0.4, 0.5) is 0 Å². The summed E-state index contributed by atoms with van der Waals surface area (Å²) in [5, 5.41) is 2.21. The summed E-state index contributed by atoms with van der Waals surface area (Å²) < 4.78 is 28.1. The first kappa shape index (κ1) is 15.5. The van der Waals surface area contributed by atoms with Crippen molar-refractivity contribution in [3.8, 4) is 0 Å². The van der Waals surface area contributed by atoms with Gasteiger partial charge in [-0.05, 0) is 42.5 Å². The molecule has 3 nitrogen and oxygen atoms in total. The molecule has 21 heavy (non-hydrogen) atoms. The molecule has 112 valence electrons. The molecule has 1 fully saturated rings. The number of hydrogen-bond acceptors (Lipinski definition) is 3. The van der Waals surface area contributed by atoms with Gasteiger partial charge in [0, 0.05) is 21.9 Å². The third kappa shape index (κ3) is 3.35. The van der Waals surface area contributed by atoms with Crippen LogP contribution >= 0.6 is 38.9 Å². The van der Waals surface area contributed by atoms with E-state index in [0.29, 0.717) is 6.54 Å². The topological polar surface area (TPSA) is 37.4 Å². The van der Waals surface area contributed by atoms with Crippen molar-refractivity contribution in [1.29, 1.82) is 0 Å². The zero-order valence-electron chi connectivity index (χ0n) is 11.0. The lowest BCUT2D eigenvalue weighted by Gasteiger charge is -2.22. The number of thiophene rings is 1. The SMILES string of the molecule is O=S(=O)(c1ccc(Br)cc1Cl)N(Cc1cccs1)C1CC1. The highest BCUT2D eigenvalue weighted by Crippen LogP contribution is 2.36. The van der Waals surface area contributed by atoms with E-state index in [2.05, 4.69) is 15.9 Å². The zero-order valence-corrected chi connectivity index (χ0v) is 15.0. The van der Waals surface area contributed by atoms with E-state index in [1.54, 1.807) is 33.8 Å². The van der Waals surface area contributed by atoms with E-state index in [1.807, 2.05) is 17.5 Å². The highest BCUT2D eigenvalue weighted by atomic mass is 79.9. The summed E-state index contributed by atoms with van der Waals surface area (Å²) in [5.41, 5.74) is 0. The second-order valence-electron chi connectivity index (χ2n) is 4.94. The zero-order chi connectivity index (χ0) is 15.0. The molecular weight excluding hydrogens is 394 g/mol. The van der Waals surface area contributed by atoms with Crippen LogP contribution in [0.1, 0.15) is 17.7 Å². The average molecular weight is 407 g/mol. The van der Waals surface area contributed by atoms with Gasteiger partial charge in [0.25, 0.3) is 0 Å². The molecule has 1 saturated carbocycles. The minimum absolute atomic E-state index is 0.0943. The summed E-state index contributed by atoms with van der Waals surface area (Å²) in [5.74, 6) is 0. The fourth-order valence-corrected chi connectivity index (χ4v) is 5.60. The Hall–Kier alpha value is -0.400. The van der Waals surface area contributed by atoms with Gasteiger partial charge in [-0.15, -0.1) is 11.3 Å². The fraction of sp³-hybridized carbons (Fsp3) is 0.286. The summed E-state index contributed by atoms with van der Waals surface area (Å²) >= 11 is 11.0. The number of rotatable bonds is 5. The van der Waals surface area contributed by atoms with E-state index in [-0.39, 0.29) is 16.0 Å². The first-order chi connectivity index (χ1) is 9.98. The van der Waals surface area contributed by atoms with Gasteiger partial charge >= 0.3 is 0 Å². The van der Waals surface area contributed by atoms with E-state index in [0.717, 1.165) is 22.2 Å². The van der Waals surface area contributed by atoms with Gasteiger partial charge in [0.05, 0.1) is 5.02 Å². The Morgan fingerprint density at radius 1 is 1.33 bits per heavy atom. The smallest absolute Gasteiger partial charge is 0.207 e. The largest absolute Gasteiger partial charge is 0.245 e. The second kappa shape index (κ2) is 6.01. The lowest BCUT2D eigenvalue weighted by atomic mass is 10.4. The van der Waals surface area contributed by atoms with Crippen LogP contribution in [0.15, 0.2) is 45.1 Å². The molecule has 1 heterocycles. The van der Waals surface area contributed by atoms with Gasteiger partial charge < -0.3 is 0 Å². The standard InChI is InChI=1S/C14H13BrClNO2S2/c15-10-3-6-14(13(16)8-10)21(18,19)17(11-4-5-11)9-12-2-1-7-20-12/h1-3,6-8,11H,4-5,9H2. The van der Waals surface area contributed by atoms with Crippen molar-refractivity contribution < 1.29 is 8.42 Å². The predicted molar refractivity (Wildman–Crippen MR) is 89.2 cm³/mol. The second-order valence-corrected chi connectivity index (χ2v) is 9.15. The van der Waals surface area contributed by atoms with E-state index in [1.165, 1.54) is 0 Å². The number of benzene rings is 1. The Labute approximate surface area is 141 Å². The molecule has 0 amide bonds. The molecule has 0 spiro atoms. The van der Waals surface area contributed by atoms with Crippen LogP contribution in [0.25, 0.3) is 0 Å². The van der Waals surface area contributed by atoms with Gasteiger partial charge in [0.2, 0.25) is 10.0 Å². The minimum Gasteiger partial charge on any atom is -0.207 e. The van der Waals surface area contributed by atoms with Crippen molar-refractivity contribution >= 4 is 48.9 Å². The van der Waals surface area contributed by atoms with Gasteiger partial charge in [-0.3, -0.25) is 0 Å².